The third kappa shape index (κ3) is 7.40. The molecule has 6 aromatic rings. The van der Waals surface area contributed by atoms with Gasteiger partial charge in [0.15, 0.2) is 22.0 Å². The first kappa shape index (κ1) is 40.0. The molecule has 2 N–H and O–H groups in total. The van der Waals surface area contributed by atoms with E-state index in [-0.39, 0.29) is 66.1 Å². The number of rotatable bonds is 16. The number of nitro groups is 1. The lowest BCUT2D eigenvalue weighted by molar-refractivity contribution is -0.384. The molecule has 0 spiro atoms. The van der Waals surface area contributed by atoms with E-state index < -0.39 is 48.2 Å². The zero-order valence-electron chi connectivity index (χ0n) is 30.8. The average Bonchev–Trinajstić information content (AvgIpc) is 4.00. The van der Waals surface area contributed by atoms with Gasteiger partial charge in [-0.1, -0.05) is 30.7 Å². The number of fused-ring (bicyclic) bond motifs is 3. The predicted molar refractivity (Wildman–Crippen MR) is 209 cm³/mol. The SMILES string of the molecule is C[C@@H]1[C@H](OP(=S)(OCCC#N)OC[C@H]2C[C@@H](n3cnc4c(Cl)ncnc43)[C@@H]2CO)[C@@H](CO)O[C@H]1n1cnc2c(=O)n3ccn(CCc4ccc([N+](=O)[O-])cc4)c3nc21. The van der Waals surface area contributed by atoms with Crippen LogP contribution in [0.3, 0.4) is 0 Å². The molecule has 1 saturated heterocycles. The smallest absolute Gasteiger partial charge is 0.327 e. The van der Waals surface area contributed by atoms with E-state index in [1.54, 1.807) is 40.0 Å². The standard InChI is InChI=1S/C35H37ClN11O9PS/c1-20-29(56-57(58,53-12-2-8-37)54-16-22-13-25(24(22)14-48)45-18-40-27-30(36)38-17-39-31(27)45)26(15-49)55-34(20)46-19-41-28-32(46)42-35-43(10-11-44(35)33(28)50)9-7-21-3-5-23(6-4-21)47(51)52/h3-6,10-11,17-20,22,24-26,29,34,48-49H,2,7,9,12-16H2,1H3/t20-,22-,24-,25-,26-,29+,34-,57?/m1/s1. The number of halogens is 1. The second kappa shape index (κ2) is 16.5. The van der Waals surface area contributed by atoms with E-state index in [0.29, 0.717) is 36.3 Å². The van der Waals surface area contributed by atoms with Crippen LogP contribution in [0.1, 0.15) is 37.6 Å². The number of aliphatic hydroxyl groups is 2. The molecule has 8 rings (SSSR count). The summed E-state index contributed by atoms with van der Waals surface area (Å²) in [6.45, 7) is -1.88. The van der Waals surface area contributed by atoms with Crippen molar-refractivity contribution in [2.75, 3.05) is 26.4 Å². The van der Waals surface area contributed by atoms with Crippen molar-refractivity contribution in [2.24, 2.45) is 17.8 Å². The molecule has 8 atom stereocenters. The number of hydrogen-bond acceptors (Lipinski definition) is 16. The van der Waals surface area contributed by atoms with Gasteiger partial charge in [-0.25, -0.2) is 24.3 Å². The van der Waals surface area contributed by atoms with E-state index >= 15 is 0 Å². The van der Waals surface area contributed by atoms with Crippen molar-refractivity contribution in [1.82, 2.24) is 43.0 Å². The molecule has 1 aliphatic carbocycles. The fourth-order valence-electron chi connectivity index (χ4n) is 7.69. The number of aryl methyl sites for hydroxylation is 2. The summed E-state index contributed by atoms with van der Waals surface area (Å²) in [5.41, 5.74) is 1.86. The summed E-state index contributed by atoms with van der Waals surface area (Å²) in [5, 5.41) is 41.4. The Hall–Kier alpha value is -4.75. The van der Waals surface area contributed by atoms with Crippen molar-refractivity contribution < 1.29 is 33.4 Å². The number of imidazole rings is 3. The van der Waals surface area contributed by atoms with Crippen molar-refractivity contribution in [1.29, 1.82) is 5.26 Å². The summed E-state index contributed by atoms with van der Waals surface area (Å²) in [7, 11) is 0. The molecule has 1 aliphatic heterocycles. The van der Waals surface area contributed by atoms with Gasteiger partial charge in [0, 0.05) is 55.6 Å². The number of nitro benzene ring substituents is 1. The normalized spacial score (nSPS) is 24.3. The Kier molecular flexibility index (Phi) is 11.4. The van der Waals surface area contributed by atoms with Gasteiger partial charge in [-0.05, 0) is 36.1 Å². The summed E-state index contributed by atoms with van der Waals surface area (Å²) >= 11 is 12.1. The van der Waals surface area contributed by atoms with Gasteiger partial charge in [-0.3, -0.25) is 19.5 Å². The highest BCUT2D eigenvalue weighted by molar-refractivity contribution is 8.07. The Morgan fingerprint density at radius 1 is 1.09 bits per heavy atom. The Labute approximate surface area is 339 Å². The average molecular weight is 854 g/mol. The van der Waals surface area contributed by atoms with E-state index in [1.807, 2.05) is 17.6 Å². The quantitative estimate of drug-likeness (QED) is 0.0463. The lowest BCUT2D eigenvalue weighted by Crippen LogP contribution is -2.43. The van der Waals surface area contributed by atoms with E-state index in [4.69, 9.17) is 46.7 Å². The highest BCUT2D eigenvalue weighted by Crippen LogP contribution is 2.56. The van der Waals surface area contributed by atoms with Crippen LogP contribution in [0.5, 0.6) is 0 Å². The number of aromatic nitrogens is 9. The molecule has 1 unspecified atom stereocenters. The summed E-state index contributed by atoms with van der Waals surface area (Å²) in [4.78, 5) is 46.1. The van der Waals surface area contributed by atoms with Gasteiger partial charge in [-0.2, -0.15) is 10.2 Å². The zero-order chi connectivity index (χ0) is 40.7. The molecule has 2 fully saturated rings. The maximum atomic E-state index is 13.6. The van der Waals surface area contributed by atoms with Crippen LogP contribution in [0.2, 0.25) is 5.15 Å². The maximum absolute atomic E-state index is 13.6. The van der Waals surface area contributed by atoms with E-state index in [9.17, 15) is 30.4 Å². The van der Waals surface area contributed by atoms with Crippen LogP contribution in [-0.2, 0) is 43.1 Å². The number of hydrogen-bond donors (Lipinski definition) is 2. The van der Waals surface area contributed by atoms with Gasteiger partial charge in [-0.15, -0.1) is 0 Å². The molecule has 304 valence electrons. The monoisotopic (exact) mass is 853 g/mol. The molecule has 23 heteroatoms. The zero-order valence-corrected chi connectivity index (χ0v) is 33.3. The van der Waals surface area contributed by atoms with Crippen LogP contribution in [0.15, 0.2) is 60.4 Å². The highest BCUT2D eigenvalue weighted by Gasteiger charge is 2.48. The van der Waals surface area contributed by atoms with Gasteiger partial charge in [0.2, 0.25) is 5.78 Å². The summed E-state index contributed by atoms with van der Waals surface area (Å²) in [6.07, 6.45) is 6.40. The molecule has 1 aromatic carbocycles. The fraction of sp³-hybridized carbons (Fsp3) is 0.457. The third-order valence-corrected chi connectivity index (χ3v) is 13.5. The van der Waals surface area contributed by atoms with Crippen molar-refractivity contribution in [3.05, 3.63) is 86.8 Å². The van der Waals surface area contributed by atoms with Gasteiger partial charge in [0.1, 0.15) is 30.3 Å². The summed E-state index contributed by atoms with van der Waals surface area (Å²) < 4.78 is 31.7. The van der Waals surface area contributed by atoms with E-state index in [0.717, 1.165) is 5.56 Å². The van der Waals surface area contributed by atoms with Gasteiger partial charge >= 0.3 is 6.72 Å². The molecule has 6 heterocycles. The number of nitriles is 1. The molecule has 1 saturated carbocycles. The summed E-state index contributed by atoms with van der Waals surface area (Å²) in [6, 6.07) is 8.17. The van der Waals surface area contributed by atoms with Crippen molar-refractivity contribution in [3.8, 4) is 6.07 Å². The van der Waals surface area contributed by atoms with Crippen LogP contribution in [0.4, 0.5) is 5.69 Å². The molecular formula is C35H37ClN11O9PS. The molecule has 0 amide bonds. The first-order valence-corrected chi connectivity index (χ1v) is 21.3. The minimum Gasteiger partial charge on any atom is -0.396 e. The second-order valence-electron chi connectivity index (χ2n) is 14.1. The molecule has 5 aromatic heterocycles. The summed E-state index contributed by atoms with van der Waals surface area (Å²) in [5.74, 6) is -0.527. The molecule has 2 aliphatic rings. The predicted octanol–water partition coefficient (Wildman–Crippen LogP) is 3.74. The third-order valence-electron chi connectivity index (χ3n) is 10.8. The lowest BCUT2D eigenvalue weighted by atomic mass is 9.70. The van der Waals surface area contributed by atoms with Gasteiger partial charge in [0.25, 0.3) is 11.2 Å². The maximum Gasteiger partial charge on any atom is 0.327 e. The van der Waals surface area contributed by atoms with Crippen LogP contribution < -0.4 is 5.56 Å². The first-order chi connectivity index (χ1) is 28.0. The topological polar surface area (TPSA) is 245 Å². The first-order valence-electron chi connectivity index (χ1n) is 18.4. The number of aliphatic hydroxyl groups excluding tert-OH is 2. The molecule has 0 bridgehead atoms. The Morgan fingerprint density at radius 2 is 1.86 bits per heavy atom. The minimum atomic E-state index is -3.59. The number of benzene rings is 1. The number of nitrogens with zero attached hydrogens (tertiary/aromatic N) is 11. The number of ether oxygens (including phenoxy) is 1. The van der Waals surface area contributed by atoms with Crippen molar-refractivity contribution in [3.63, 3.8) is 0 Å². The van der Waals surface area contributed by atoms with Crippen molar-refractivity contribution >= 4 is 63.9 Å². The molecular weight excluding hydrogens is 817 g/mol. The molecule has 58 heavy (non-hydrogen) atoms. The molecule has 0 radical (unpaired) electrons. The van der Waals surface area contributed by atoms with Crippen LogP contribution in [-0.4, -0.2) is 96.8 Å². The lowest BCUT2D eigenvalue weighted by Gasteiger charge is -2.44. The highest BCUT2D eigenvalue weighted by atomic mass is 35.5. The second-order valence-corrected chi connectivity index (χ2v) is 17.5. The van der Waals surface area contributed by atoms with Gasteiger partial charge in [0.05, 0.1) is 49.9 Å². The Bertz CT molecular complexity index is 2630. The largest absolute Gasteiger partial charge is 0.396 e. The van der Waals surface area contributed by atoms with Crippen molar-refractivity contribution in [2.45, 2.75) is 57.2 Å². The number of non-ortho nitro benzene ring substituents is 1. The van der Waals surface area contributed by atoms with E-state index in [1.165, 1.54) is 29.2 Å². The van der Waals surface area contributed by atoms with E-state index in [2.05, 4.69) is 19.9 Å². The van der Waals surface area contributed by atoms with Gasteiger partial charge < -0.3 is 37.7 Å². The fourth-order valence-corrected chi connectivity index (χ4v) is 10.1. The Balaban J connectivity index is 0.999. The Morgan fingerprint density at radius 3 is 2.60 bits per heavy atom. The minimum absolute atomic E-state index is 0.0000212. The van der Waals surface area contributed by atoms with Crippen LogP contribution in [0, 0.1) is 39.2 Å². The van der Waals surface area contributed by atoms with Crippen LogP contribution in [0.25, 0.3) is 28.1 Å². The van der Waals surface area contributed by atoms with Crippen LogP contribution >= 0.6 is 18.3 Å². The molecule has 20 nitrogen and oxygen atoms in total.